The number of nitrogens with zero attached hydrogens (tertiary/aromatic N) is 3. The Balaban J connectivity index is 1.56. The Bertz CT molecular complexity index is 851. The molecule has 0 spiro atoms. The molecule has 0 saturated heterocycles. The summed E-state index contributed by atoms with van der Waals surface area (Å²) in [7, 11) is 1.91. The van der Waals surface area contributed by atoms with Crippen molar-refractivity contribution in [3.63, 3.8) is 0 Å². The van der Waals surface area contributed by atoms with E-state index in [9.17, 15) is 4.79 Å². The Hall–Kier alpha value is -2.92. The molecule has 2 aromatic carbocycles. The maximum atomic E-state index is 12.2. The fourth-order valence-corrected chi connectivity index (χ4v) is 2.58. The first kappa shape index (κ1) is 17.9. The third-order valence-corrected chi connectivity index (χ3v) is 4.22. The number of carbonyl (C=O) groups excluding carboxylic acids is 1. The predicted octanol–water partition coefficient (Wildman–Crippen LogP) is 3.87. The summed E-state index contributed by atoms with van der Waals surface area (Å²) < 4.78 is 0. The molecule has 0 unspecified atom stereocenters. The van der Waals surface area contributed by atoms with Crippen LogP contribution in [-0.4, -0.2) is 29.5 Å². The number of para-hydroxylation sites is 1. The molecule has 0 aliphatic rings. The third kappa shape index (κ3) is 4.58. The molecule has 3 aromatic rings. The van der Waals surface area contributed by atoms with Gasteiger partial charge in [0, 0.05) is 24.3 Å². The molecule has 0 fully saturated rings. The van der Waals surface area contributed by atoms with Crippen molar-refractivity contribution in [2.75, 3.05) is 18.5 Å². The number of aromatic nitrogens is 2. The molecule has 0 radical (unpaired) electrons. The van der Waals surface area contributed by atoms with E-state index in [1.807, 2.05) is 66.5 Å². The molecule has 3 rings (SSSR count). The topological polar surface area (TPSA) is 58.1 Å². The minimum Gasteiger partial charge on any atom is -0.350 e. The molecule has 132 valence electrons. The standard InChI is InChI=1S/C20H19ClN4O/c1-25(17-5-3-2-4-6-17)19-14-23-18(13-24-19)20(26)22-12-11-15-7-9-16(21)10-8-15/h2-10,13-14H,11-12H2,1H3,(H,22,26). The molecule has 26 heavy (non-hydrogen) atoms. The van der Waals surface area contributed by atoms with E-state index in [2.05, 4.69) is 15.3 Å². The van der Waals surface area contributed by atoms with E-state index in [0.717, 1.165) is 17.7 Å². The number of amides is 1. The summed E-state index contributed by atoms with van der Waals surface area (Å²) in [5, 5.41) is 3.56. The van der Waals surface area contributed by atoms with Crippen LogP contribution in [0.15, 0.2) is 67.0 Å². The van der Waals surface area contributed by atoms with Gasteiger partial charge in [0.25, 0.3) is 5.91 Å². The minimum atomic E-state index is -0.236. The monoisotopic (exact) mass is 366 g/mol. The average Bonchev–Trinajstić information content (AvgIpc) is 2.69. The highest BCUT2D eigenvalue weighted by Gasteiger charge is 2.10. The predicted molar refractivity (Wildman–Crippen MR) is 104 cm³/mol. The minimum absolute atomic E-state index is 0.236. The van der Waals surface area contributed by atoms with E-state index in [0.29, 0.717) is 23.1 Å². The van der Waals surface area contributed by atoms with Crippen LogP contribution in [0.5, 0.6) is 0 Å². The summed E-state index contributed by atoms with van der Waals surface area (Å²) in [6.45, 7) is 0.522. The van der Waals surface area contributed by atoms with Gasteiger partial charge >= 0.3 is 0 Å². The second-order valence-electron chi connectivity index (χ2n) is 5.79. The Kier molecular flexibility index (Phi) is 5.81. The molecule has 1 aromatic heterocycles. The van der Waals surface area contributed by atoms with Crippen LogP contribution < -0.4 is 10.2 Å². The third-order valence-electron chi connectivity index (χ3n) is 3.97. The lowest BCUT2D eigenvalue weighted by atomic mass is 10.1. The second-order valence-corrected chi connectivity index (χ2v) is 6.22. The molecule has 0 bridgehead atoms. The van der Waals surface area contributed by atoms with E-state index >= 15 is 0 Å². The SMILES string of the molecule is CN(c1ccccc1)c1cnc(C(=O)NCCc2ccc(Cl)cc2)cn1. The van der Waals surface area contributed by atoms with Crippen LogP contribution in [0.3, 0.4) is 0 Å². The van der Waals surface area contributed by atoms with Crippen LogP contribution in [0, 0.1) is 0 Å². The summed E-state index contributed by atoms with van der Waals surface area (Å²) in [5.41, 5.74) is 2.41. The van der Waals surface area contributed by atoms with Crippen LogP contribution >= 0.6 is 11.6 Å². The van der Waals surface area contributed by atoms with Gasteiger partial charge in [-0.05, 0) is 36.2 Å². The van der Waals surface area contributed by atoms with Crippen LogP contribution in [0.2, 0.25) is 5.02 Å². The number of nitrogens with one attached hydrogen (secondary N) is 1. The van der Waals surface area contributed by atoms with Crippen LogP contribution in [0.1, 0.15) is 16.1 Å². The molecular weight excluding hydrogens is 348 g/mol. The van der Waals surface area contributed by atoms with E-state index in [1.165, 1.54) is 6.20 Å². The van der Waals surface area contributed by atoms with Crippen LogP contribution in [0.4, 0.5) is 11.5 Å². The molecule has 0 saturated carbocycles. The Morgan fingerprint density at radius 2 is 1.77 bits per heavy atom. The number of carbonyl (C=O) groups is 1. The van der Waals surface area contributed by atoms with Crippen molar-refractivity contribution >= 4 is 29.0 Å². The fourth-order valence-electron chi connectivity index (χ4n) is 2.46. The second kappa shape index (κ2) is 8.45. The van der Waals surface area contributed by atoms with Gasteiger partial charge in [-0.1, -0.05) is 41.9 Å². The van der Waals surface area contributed by atoms with E-state index in [-0.39, 0.29) is 5.91 Å². The number of hydrogen-bond donors (Lipinski definition) is 1. The molecule has 6 heteroatoms. The first-order chi connectivity index (χ1) is 12.6. The quantitative estimate of drug-likeness (QED) is 0.719. The molecule has 0 aliphatic carbocycles. The van der Waals surface area contributed by atoms with Crippen molar-refractivity contribution in [2.24, 2.45) is 0 Å². The molecule has 0 atom stereocenters. The zero-order valence-corrected chi connectivity index (χ0v) is 15.1. The van der Waals surface area contributed by atoms with Gasteiger partial charge in [0.05, 0.1) is 12.4 Å². The van der Waals surface area contributed by atoms with Crippen molar-refractivity contribution in [1.82, 2.24) is 15.3 Å². The lowest BCUT2D eigenvalue weighted by Crippen LogP contribution is -2.27. The Morgan fingerprint density at radius 3 is 2.42 bits per heavy atom. The highest BCUT2D eigenvalue weighted by molar-refractivity contribution is 6.30. The molecule has 1 N–H and O–H groups in total. The Labute approximate surface area is 157 Å². The number of benzene rings is 2. The van der Waals surface area contributed by atoms with Gasteiger partial charge < -0.3 is 10.2 Å². The molecule has 5 nitrogen and oxygen atoms in total. The zero-order valence-electron chi connectivity index (χ0n) is 14.4. The van der Waals surface area contributed by atoms with Gasteiger partial charge in [-0.2, -0.15) is 0 Å². The van der Waals surface area contributed by atoms with Gasteiger partial charge in [-0.3, -0.25) is 4.79 Å². The van der Waals surface area contributed by atoms with E-state index in [4.69, 9.17) is 11.6 Å². The van der Waals surface area contributed by atoms with Crippen LogP contribution in [0.25, 0.3) is 0 Å². The Morgan fingerprint density at radius 1 is 1.04 bits per heavy atom. The van der Waals surface area contributed by atoms with Gasteiger partial charge in [-0.25, -0.2) is 9.97 Å². The summed E-state index contributed by atoms with van der Waals surface area (Å²) in [6.07, 6.45) is 3.82. The van der Waals surface area contributed by atoms with Crippen molar-refractivity contribution in [2.45, 2.75) is 6.42 Å². The van der Waals surface area contributed by atoms with Crippen molar-refractivity contribution < 1.29 is 4.79 Å². The van der Waals surface area contributed by atoms with Crippen molar-refractivity contribution in [3.05, 3.63) is 83.3 Å². The number of hydrogen-bond acceptors (Lipinski definition) is 4. The highest BCUT2D eigenvalue weighted by Crippen LogP contribution is 2.19. The summed E-state index contributed by atoms with van der Waals surface area (Å²) >= 11 is 5.86. The van der Waals surface area contributed by atoms with Gasteiger partial charge in [0.15, 0.2) is 5.82 Å². The smallest absolute Gasteiger partial charge is 0.271 e. The van der Waals surface area contributed by atoms with Gasteiger partial charge in [0.2, 0.25) is 0 Å². The lowest BCUT2D eigenvalue weighted by molar-refractivity contribution is 0.0949. The molecular formula is C20H19ClN4O. The van der Waals surface area contributed by atoms with Crippen molar-refractivity contribution in [1.29, 1.82) is 0 Å². The highest BCUT2D eigenvalue weighted by atomic mass is 35.5. The van der Waals surface area contributed by atoms with E-state index < -0.39 is 0 Å². The largest absolute Gasteiger partial charge is 0.350 e. The lowest BCUT2D eigenvalue weighted by Gasteiger charge is -2.17. The van der Waals surface area contributed by atoms with Crippen LogP contribution in [-0.2, 0) is 6.42 Å². The van der Waals surface area contributed by atoms with Gasteiger partial charge in [0.1, 0.15) is 5.69 Å². The summed E-state index contributed by atoms with van der Waals surface area (Å²) in [4.78, 5) is 22.7. The fraction of sp³-hybridized carbons (Fsp3) is 0.150. The first-order valence-electron chi connectivity index (χ1n) is 8.27. The number of anilines is 2. The normalized spacial score (nSPS) is 10.4. The van der Waals surface area contributed by atoms with Crippen molar-refractivity contribution in [3.8, 4) is 0 Å². The summed E-state index contributed by atoms with van der Waals surface area (Å²) in [6, 6.07) is 17.4. The first-order valence-corrected chi connectivity index (χ1v) is 8.65. The molecule has 1 heterocycles. The molecule has 0 aliphatic heterocycles. The number of halogens is 1. The molecule has 1 amide bonds. The summed E-state index contributed by atoms with van der Waals surface area (Å²) in [5.74, 6) is 0.439. The maximum absolute atomic E-state index is 12.2. The maximum Gasteiger partial charge on any atom is 0.271 e. The number of rotatable bonds is 6. The average molecular weight is 367 g/mol. The van der Waals surface area contributed by atoms with E-state index in [1.54, 1.807) is 6.20 Å². The van der Waals surface area contributed by atoms with Gasteiger partial charge in [-0.15, -0.1) is 0 Å². The zero-order chi connectivity index (χ0) is 18.4.